The molecule has 0 radical (unpaired) electrons. The molecule has 0 aliphatic heterocycles. The molecule has 0 amide bonds. The number of hydrogen-bond donors (Lipinski definition) is 1. The zero-order valence-electron chi connectivity index (χ0n) is 8.85. The number of hydrogen-bond acceptors (Lipinski definition) is 3. The molecule has 2 N–H and O–H groups in total. The number of nitrogen functional groups attached to an aromatic ring is 1. The summed E-state index contributed by atoms with van der Waals surface area (Å²) in [6.07, 6.45) is 0. The van der Waals surface area contributed by atoms with Crippen molar-refractivity contribution in [3.63, 3.8) is 0 Å². The van der Waals surface area contributed by atoms with Crippen LogP contribution in [0.3, 0.4) is 0 Å². The molecule has 2 nitrogen and oxygen atoms in total. The average Bonchev–Trinajstić information content (AvgIpc) is 2.75. The van der Waals surface area contributed by atoms with E-state index < -0.39 is 0 Å². The van der Waals surface area contributed by atoms with E-state index in [9.17, 15) is 4.39 Å². The van der Waals surface area contributed by atoms with Gasteiger partial charge in [-0.2, -0.15) is 0 Å². The number of halogens is 1. The van der Waals surface area contributed by atoms with Gasteiger partial charge in [-0.15, -0.1) is 11.3 Å². The smallest absolute Gasteiger partial charge is 0.133 e. The normalized spacial score (nSPS) is 10.9. The molecule has 4 heteroatoms. The summed E-state index contributed by atoms with van der Waals surface area (Å²) in [7, 11) is 0. The molecule has 0 aliphatic carbocycles. The molecule has 84 valence electrons. The first-order chi connectivity index (χ1) is 8.25. The van der Waals surface area contributed by atoms with Gasteiger partial charge in [0.1, 0.15) is 10.8 Å². The van der Waals surface area contributed by atoms with E-state index >= 15 is 0 Å². The van der Waals surface area contributed by atoms with Crippen molar-refractivity contribution in [2.75, 3.05) is 5.73 Å². The van der Waals surface area contributed by atoms with E-state index in [1.807, 2.05) is 18.2 Å². The number of thiazole rings is 1. The Morgan fingerprint density at radius 1 is 1.06 bits per heavy atom. The van der Waals surface area contributed by atoms with Crippen molar-refractivity contribution in [1.29, 1.82) is 0 Å². The Balaban J connectivity index is 2.26. The molecule has 3 rings (SSSR count). The molecule has 0 bridgehead atoms. The predicted octanol–water partition coefficient (Wildman–Crippen LogP) is 3.68. The lowest BCUT2D eigenvalue weighted by Gasteiger charge is -1.96. The Morgan fingerprint density at radius 2 is 1.88 bits per heavy atom. The van der Waals surface area contributed by atoms with Gasteiger partial charge in [0.25, 0.3) is 0 Å². The fourth-order valence-electron chi connectivity index (χ4n) is 1.72. The maximum atomic E-state index is 13.6. The maximum absolute atomic E-state index is 13.6. The standard InChI is InChI=1S/C13H9FN2S/c14-9-5-2-1-4-8(9)13-16-11-7-3-6-10(15)12(11)17-13/h1-7H,15H2. The summed E-state index contributed by atoms with van der Waals surface area (Å²) in [5.74, 6) is -0.259. The summed E-state index contributed by atoms with van der Waals surface area (Å²) in [5, 5.41) is 0.663. The van der Waals surface area contributed by atoms with E-state index in [4.69, 9.17) is 5.73 Å². The van der Waals surface area contributed by atoms with E-state index in [1.165, 1.54) is 17.4 Å². The van der Waals surface area contributed by atoms with Gasteiger partial charge >= 0.3 is 0 Å². The minimum Gasteiger partial charge on any atom is -0.398 e. The topological polar surface area (TPSA) is 38.9 Å². The molecule has 0 saturated carbocycles. The van der Waals surface area contributed by atoms with Crippen LogP contribution < -0.4 is 5.73 Å². The van der Waals surface area contributed by atoms with Crippen molar-refractivity contribution in [3.8, 4) is 10.6 Å². The van der Waals surface area contributed by atoms with Crippen LogP contribution in [0.5, 0.6) is 0 Å². The van der Waals surface area contributed by atoms with E-state index in [-0.39, 0.29) is 5.82 Å². The Morgan fingerprint density at radius 3 is 2.65 bits per heavy atom. The summed E-state index contributed by atoms with van der Waals surface area (Å²) in [6.45, 7) is 0. The summed E-state index contributed by atoms with van der Waals surface area (Å²) >= 11 is 1.42. The van der Waals surface area contributed by atoms with Gasteiger partial charge in [0, 0.05) is 5.56 Å². The Kier molecular flexibility index (Phi) is 2.30. The van der Waals surface area contributed by atoms with Crippen LogP contribution in [0.2, 0.25) is 0 Å². The molecule has 0 spiro atoms. The van der Waals surface area contributed by atoms with Crippen molar-refractivity contribution < 1.29 is 4.39 Å². The molecule has 0 atom stereocenters. The predicted molar refractivity (Wildman–Crippen MR) is 69.4 cm³/mol. The minimum absolute atomic E-state index is 0.259. The molecule has 0 unspecified atom stereocenters. The molecule has 2 aromatic carbocycles. The number of rotatable bonds is 1. The van der Waals surface area contributed by atoms with Crippen LogP contribution in [0.15, 0.2) is 42.5 Å². The number of aromatic nitrogens is 1. The molecule has 3 aromatic rings. The summed E-state index contributed by atoms with van der Waals surface area (Å²) in [5.41, 5.74) is 7.88. The van der Waals surface area contributed by atoms with E-state index in [0.717, 1.165) is 10.2 Å². The van der Waals surface area contributed by atoms with Gasteiger partial charge in [0.2, 0.25) is 0 Å². The van der Waals surface area contributed by atoms with Crippen molar-refractivity contribution in [2.45, 2.75) is 0 Å². The average molecular weight is 244 g/mol. The summed E-state index contributed by atoms with van der Waals surface area (Å²) < 4.78 is 14.5. The molecule has 1 aromatic heterocycles. The van der Waals surface area contributed by atoms with Crippen LogP contribution >= 0.6 is 11.3 Å². The van der Waals surface area contributed by atoms with Gasteiger partial charge in [-0.25, -0.2) is 9.37 Å². The van der Waals surface area contributed by atoms with Crippen LogP contribution in [0.25, 0.3) is 20.8 Å². The zero-order valence-corrected chi connectivity index (χ0v) is 9.67. The first-order valence-corrected chi connectivity index (χ1v) is 5.97. The summed E-state index contributed by atoms with van der Waals surface area (Å²) in [4.78, 5) is 4.40. The van der Waals surface area contributed by atoms with Crippen molar-refractivity contribution in [1.82, 2.24) is 4.98 Å². The third kappa shape index (κ3) is 1.66. The molecule has 17 heavy (non-hydrogen) atoms. The second-order valence-electron chi connectivity index (χ2n) is 3.69. The van der Waals surface area contributed by atoms with Crippen LogP contribution in [0.4, 0.5) is 10.1 Å². The highest BCUT2D eigenvalue weighted by Gasteiger charge is 2.11. The molecular weight excluding hydrogens is 235 g/mol. The fourth-order valence-corrected chi connectivity index (χ4v) is 2.74. The van der Waals surface area contributed by atoms with E-state index in [1.54, 1.807) is 18.2 Å². The maximum Gasteiger partial charge on any atom is 0.133 e. The Labute approximate surface area is 102 Å². The lowest BCUT2D eigenvalue weighted by Crippen LogP contribution is -1.82. The number of benzene rings is 2. The molecule has 1 heterocycles. The number of anilines is 1. The SMILES string of the molecule is Nc1cccc2nc(-c3ccccc3F)sc12. The highest BCUT2D eigenvalue weighted by atomic mass is 32.1. The van der Waals surface area contributed by atoms with Gasteiger partial charge in [-0.1, -0.05) is 18.2 Å². The molecule has 0 aliphatic rings. The number of nitrogens with zero attached hydrogens (tertiary/aromatic N) is 1. The van der Waals surface area contributed by atoms with Gasteiger partial charge in [0.15, 0.2) is 0 Å². The second kappa shape index (κ2) is 3.82. The first kappa shape index (κ1) is 10.2. The highest BCUT2D eigenvalue weighted by molar-refractivity contribution is 7.22. The Bertz CT molecular complexity index is 691. The van der Waals surface area contributed by atoms with Crippen LogP contribution in [-0.4, -0.2) is 4.98 Å². The number of nitrogens with two attached hydrogens (primary N) is 1. The van der Waals surface area contributed by atoms with Crippen LogP contribution in [0, 0.1) is 5.82 Å². The van der Waals surface area contributed by atoms with E-state index in [0.29, 0.717) is 16.3 Å². The molecular formula is C13H9FN2S. The van der Waals surface area contributed by atoms with Gasteiger partial charge in [-0.05, 0) is 24.3 Å². The Hall–Kier alpha value is -1.94. The third-order valence-corrected chi connectivity index (χ3v) is 3.70. The quantitative estimate of drug-likeness (QED) is 0.663. The molecule has 0 saturated heterocycles. The highest BCUT2D eigenvalue weighted by Crippen LogP contribution is 2.34. The lowest BCUT2D eigenvalue weighted by molar-refractivity contribution is 0.631. The summed E-state index contributed by atoms with van der Waals surface area (Å²) in [6, 6.07) is 12.2. The second-order valence-corrected chi connectivity index (χ2v) is 4.69. The lowest BCUT2D eigenvalue weighted by atomic mass is 10.2. The van der Waals surface area contributed by atoms with Crippen molar-refractivity contribution >= 4 is 27.2 Å². The van der Waals surface area contributed by atoms with Crippen molar-refractivity contribution in [3.05, 3.63) is 48.3 Å². The first-order valence-electron chi connectivity index (χ1n) is 5.15. The van der Waals surface area contributed by atoms with Crippen LogP contribution in [0.1, 0.15) is 0 Å². The fraction of sp³-hybridized carbons (Fsp3) is 0. The van der Waals surface area contributed by atoms with Gasteiger partial charge in [0.05, 0.1) is 15.9 Å². The van der Waals surface area contributed by atoms with E-state index in [2.05, 4.69) is 4.98 Å². The number of fused-ring (bicyclic) bond motifs is 1. The third-order valence-electron chi connectivity index (χ3n) is 2.55. The van der Waals surface area contributed by atoms with Gasteiger partial charge in [-0.3, -0.25) is 0 Å². The monoisotopic (exact) mass is 244 g/mol. The zero-order chi connectivity index (χ0) is 11.8. The largest absolute Gasteiger partial charge is 0.398 e. The molecule has 0 fully saturated rings. The van der Waals surface area contributed by atoms with Gasteiger partial charge < -0.3 is 5.73 Å². The van der Waals surface area contributed by atoms with Crippen LogP contribution in [-0.2, 0) is 0 Å². The minimum atomic E-state index is -0.259. The van der Waals surface area contributed by atoms with Crippen molar-refractivity contribution in [2.24, 2.45) is 0 Å².